The quantitative estimate of drug-likeness (QED) is 0.788. The molecule has 2 heterocycles. The molecule has 3 nitrogen and oxygen atoms in total. The molecule has 14 heavy (non-hydrogen) atoms. The van der Waals surface area contributed by atoms with Crippen LogP contribution in [0.5, 0.6) is 0 Å². The summed E-state index contributed by atoms with van der Waals surface area (Å²) in [4.78, 5) is 0. The SMILES string of the molecule is Cc1ccc(C(O)C2CCC(C)O2)o1. The Morgan fingerprint density at radius 1 is 1.43 bits per heavy atom. The third kappa shape index (κ3) is 1.83. The van der Waals surface area contributed by atoms with E-state index in [0.717, 1.165) is 18.6 Å². The molecule has 0 amide bonds. The highest BCUT2D eigenvalue weighted by molar-refractivity contribution is 5.09. The van der Waals surface area contributed by atoms with Crippen molar-refractivity contribution in [3.05, 3.63) is 23.7 Å². The van der Waals surface area contributed by atoms with Crippen molar-refractivity contribution in [3.63, 3.8) is 0 Å². The molecule has 3 atom stereocenters. The van der Waals surface area contributed by atoms with Crippen LogP contribution in [0.3, 0.4) is 0 Å². The van der Waals surface area contributed by atoms with Gasteiger partial charge in [-0.1, -0.05) is 0 Å². The highest BCUT2D eigenvalue weighted by Gasteiger charge is 2.30. The van der Waals surface area contributed by atoms with Gasteiger partial charge in [0.15, 0.2) is 0 Å². The Balaban J connectivity index is 2.05. The van der Waals surface area contributed by atoms with E-state index in [1.165, 1.54) is 0 Å². The van der Waals surface area contributed by atoms with Crippen LogP contribution in [-0.2, 0) is 4.74 Å². The Morgan fingerprint density at radius 2 is 2.21 bits per heavy atom. The van der Waals surface area contributed by atoms with E-state index in [-0.39, 0.29) is 12.2 Å². The van der Waals surface area contributed by atoms with E-state index in [0.29, 0.717) is 5.76 Å². The molecule has 1 saturated heterocycles. The molecule has 2 rings (SSSR count). The summed E-state index contributed by atoms with van der Waals surface area (Å²) in [6.07, 6.45) is 1.46. The molecule has 0 saturated carbocycles. The van der Waals surface area contributed by atoms with Crippen LogP contribution in [-0.4, -0.2) is 17.3 Å². The summed E-state index contributed by atoms with van der Waals surface area (Å²) in [7, 11) is 0. The second kappa shape index (κ2) is 3.75. The molecule has 3 heteroatoms. The van der Waals surface area contributed by atoms with E-state index in [9.17, 15) is 5.11 Å². The van der Waals surface area contributed by atoms with Crippen LogP contribution in [0.1, 0.15) is 37.4 Å². The molecule has 78 valence electrons. The van der Waals surface area contributed by atoms with Crippen molar-refractivity contribution in [2.75, 3.05) is 0 Å². The number of rotatable bonds is 2. The van der Waals surface area contributed by atoms with Crippen LogP contribution in [0.4, 0.5) is 0 Å². The van der Waals surface area contributed by atoms with Crippen molar-refractivity contribution >= 4 is 0 Å². The molecular weight excluding hydrogens is 180 g/mol. The molecule has 1 fully saturated rings. The maximum Gasteiger partial charge on any atom is 0.138 e. The van der Waals surface area contributed by atoms with Gasteiger partial charge in [0.2, 0.25) is 0 Å². The lowest BCUT2D eigenvalue weighted by atomic mass is 10.1. The molecular formula is C11H16O3. The Labute approximate surface area is 83.7 Å². The van der Waals surface area contributed by atoms with Gasteiger partial charge in [0.25, 0.3) is 0 Å². The Bertz CT molecular complexity index is 305. The Hall–Kier alpha value is -0.800. The Morgan fingerprint density at radius 3 is 2.71 bits per heavy atom. The molecule has 0 aromatic carbocycles. The average Bonchev–Trinajstić information content (AvgIpc) is 2.73. The number of aryl methyl sites for hydroxylation is 1. The van der Waals surface area contributed by atoms with E-state index in [1.54, 1.807) is 0 Å². The summed E-state index contributed by atoms with van der Waals surface area (Å²) >= 11 is 0. The summed E-state index contributed by atoms with van der Waals surface area (Å²) in [6, 6.07) is 3.67. The first-order chi connectivity index (χ1) is 6.66. The minimum atomic E-state index is -0.617. The molecule has 0 radical (unpaired) electrons. The summed E-state index contributed by atoms with van der Waals surface area (Å²) in [5.74, 6) is 1.44. The maximum atomic E-state index is 9.93. The number of aliphatic hydroxyl groups is 1. The van der Waals surface area contributed by atoms with Gasteiger partial charge < -0.3 is 14.3 Å². The van der Waals surface area contributed by atoms with E-state index in [2.05, 4.69) is 0 Å². The van der Waals surface area contributed by atoms with Crippen LogP contribution in [0.25, 0.3) is 0 Å². The second-order valence-electron chi connectivity index (χ2n) is 3.96. The average molecular weight is 196 g/mol. The van der Waals surface area contributed by atoms with E-state index in [1.807, 2.05) is 26.0 Å². The van der Waals surface area contributed by atoms with Gasteiger partial charge in [0.05, 0.1) is 12.2 Å². The fourth-order valence-electron chi connectivity index (χ4n) is 1.86. The van der Waals surface area contributed by atoms with Crippen LogP contribution in [0.15, 0.2) is 16.5 Å². The van der Waals surface area contributed by atoms with Crippen molar-refractivity contribution in [1.29, 1.82) is 0 Å². The monoisotopic (exact) mass is 196 g/mol. The topological polar surface area (TPSA) is 42.6 Å². The van der Waals surface area contributed by atoms with E-state index in [4.69, 9.17) is 9.15 Å². The number of ether oxygens (including phenoxy) is 1. The molecule has 1 aromatic rings. The third-order valence-electron chi connectivity index (χ3n) is 2.67. The molecule has 1 aromatic heterocycles. The first-order valence-electron chi connectivity index (χ1n) is 5.06. The van der Waals surface area contributed by atoms with Crippen molar-refractivity contribution in [3.8, 4) is 0 Å². The molecule has 1 aliphatic rings. The third-order valence-corrected chi connectivity index (χ3v) is 2.67. The van der Waals surface area contributed by atoms with Gasteiger partial charge in [-0.3, -0.25) is 0 Å². The van der Waals surface area contributed by atoms with Gasteiger partial charge in [-0.25, -0.2) is 0 Å². The van der Waals surface area contributed by atoms with Crippen LogP contribution >= 0.6 is 0 Å². The second-order valence-corrected chi connectivity index (χ2v) is 3.96. The van der Waals surface area contributed by atoms with Gasteiger partial charge in [0.1, 0.15) is 17.6 Å². The highest BCUT2D eigenvalue weighted by Crippen LogP contribution is 2.30. The van der Waals surface area contributed by atoms with E-state index >= 15 is 0 Å². The van der Waals surface area contributed by atoms with Crippen molar-refractivity contribution in [2.45, 2.75) is 45.0 Å². The minimum Gasteiger partial charge on any atom is -0.464 e. The summed E-state index contributed by atoms with van der Waals surface area (Å²) in [5, 5.41) is 9.93. The highest BCUT2D eigenvalue weighted by atomic mass is 16.5. The maximum absolute atomic E-state index is 9.93. The smallest absolute Gasteiger partial charge is 0.138 e. The zero-order chi connectivity index (χ0) is 10.1. The lowest BCUT2D eigenvalue weighted by Gasteiger charge is -2.16. The number of hydrogen-bond acceptors (Lipinski definition) is 3. The van der Waals surface area contributed by atoms with Gasteiger partial charge in [-0.05, 0) is 38.8 Å². The predicted octanol–water partition coefficient (Wildman–Crippen LogP) is 2.19. The molecule has 3 unspecified atom stereocenters. The molecule has 0 spiro atoms. The zero-order valence-electron chi connectivity index (χ0n) is 8.56. The first kappa shape index (κ1) is 9.74. The molecule has 0 bridgehead atoms. The van der Waals surface area contributed by atoms with Gasteiger partial charge in [-0.15, -0.1) is 0 Å². The lowest BCUT2D eigenvalue weighted by Crippen LogP contribution is -2.18. The number of furan rings is 1. The first-order valence-corrected chi connectivity index (χ1v) is 5.06. The number of aliphatic hydroxyl groups excluding tert-OH is 1. The number of hydrogen-bond donors (Lipinski definition) is 1. The Kier molecular flexibility index (Phi) is 2.61. The van der Waals surface area contributed by atoms with Crippen LogP contribution in [0, 0.1) is 6.92 Å². The summed E-state index contributed by atoms with van der Waals surface area (Å²) in [6.45, 7) is 3.90. The van der Waals surface area contributed by atoms with Crippen molar-refractivity contribution in [1.82, 2.24) is 0 Å². The standard InChI is InChI=1S/C11H16O3/c1-7-3-5-9(13-7)11(12)10-6-4-8(2)14-10/h3,5,8,10-12H,4,6H2,1-2H3. The van der Waals surface area contributed by atoms with Gasteiger partial charge >= 0.3 is 0 Å². The lowest BCUT2D eigenvalue weighted by molar-refractivity contribution is -0.0382. The van der Waals surface area contributed by atoms with E-state index < -0.39 is 6.10 Å². The fourth-order valence-corrected chi connectivity index (χ4v) is 1.86. The van der Waals surface area contributed by atoms with Crippen LogP contribution in [0.2, 0.25) is 0 Å². The van der Waals surface area contributed by atoms with Crippen molar-refractivity contribution in [2.24, 2.45) is 0 Å². The van der Waals surface area contributed by atoms with Gasteiger partial charge in [-0.2, -0.15) is 0 Å². The van der Waals surface area contributed by atoms with Gasteiger partial charge in [0, 0.05) is 0 Å². The predicted molar refractivity (Wildman–Crippen MR) is 52.0 cm³/mol. The molecule has 1 N–H and O–H groups in total. The molecule has 0 aliphatic carbocycles. The minimum absolute atomic E-state index is 0.101. The molecule has 1 aliphatic heterocycles. The fraction of sp³-hybridized carbons (Fsp3) is 0.636. The normalized spacial score (nSPS) is 29.4. The van der Waals surface area contributed by atoms with Crippen LogP contribution < -0.4 is 0 Å². The summed E-state index contributed by atoms with van der Waals surface area (Å²) < 4.78 is 10.9. The summed E-state index contributed by atoms with van der Waals surface area (Å²) in [5.41, 5.74) is 0. The van der Waals surface area contributed by atoms with Crippen molar-refractivity contribution < 1.29 is 14.3 Å². The largest absolute Gasteiger partial charge is 0.464 e. The zero-order valence-corrected chi connectivity index (χ0v) is 8.56.